The lowest BCUT2D eigenvalue weighted by Gasteiger charge is -2.16. The fourth-order valence-corrected chi connectivity index (χ4v) is 0.727. The molecule has 0 saturated heterocycles. The van der Waals surface area contributed by atoms with Crippen molar-refractivity contribution >= 4 is 5.97 Å². The van der Waals surface area contributed by atoms with Crippen LogP contribution in [0.1, 0.15) is 27.7 Å². The molecule has 0 aromatic carbocycles. The molecule has 1 N–H and O–H groups in total. The maximum atomic E-state index is 10.5. The minimum absolute atomic E-state index is 0.189. The van der Waals surface area contributed by atoms with Crippen LogP contribution in [0.5, 0.6) is 0 Å². The number of ether oxygens (including phenoxy) is 2. The van der Waals surface area contributed by atoms with Crippen LogP contribution < -0.4 is 0 Å². The highest BCUT2D eigenvalue weighted by Crippen LogP contribution is 2.03. The van der Waals surface area contributed by atoms with Crippen LogP contribution in [0.2, 0.25) is 0 Å². The number of carboxylic acids is 1. The second-order valence-electron chi connectivity index (χ2n) is 3.87. The van der Waals surface area contributed by atoms with Crippen molar-refractivity contribution in [2.75, 3.05) is 13.2 Å². The number of hydrogen-bond donors (Lipinski definition) is 1. The van der Waals surface area contributed by atoms with Gasteiger partial charge in [-0.25, -0.2) is 0 Å². The first-order valence-corrected chi connectivity index (χ1v) is 4.89. The summed E-state index contributed by atoms with van der Waals surface area (Å²) in [5, 5.41) is 8.59. The third-order valence-corrected chi connectivity index (χ3v) is 1.67. The Morgan fingerprint density at radius 3 is 2.07 bits per heavy atom. The van der Waals surface area contributed by atoms with E-state index in [2.05, 4.69) is 0 Å². The van der Waals surface area contributed by atoms with E-state index in [1.165, 1.54) is 0 Å². The Balaban J connectivity index is 3.53. The number of carboxylic acid groups (broad SMARTS) is 1. The summed E-state index contributed by atoms with van der Waals surface area (Å²) in [4.78, 5) is 10.5. The van der Waals surface area contributed by atoms with Crippen LogP contribution in [0.25, 0.3) is 0 Å². The molecule has 0 aliphatic rings. The Morgan fingerprint density at radius 1 is 1.14 bits per heavy atom. The van der Waals surface area contributed by atoms with Crippen LogP contribution in [-0.4, -0.2) is 30.6 Å². The number of aliphatic carboxylic acids is 1. The Kier molecular flexibility index (Phi) is 6.49. The number of rotatable bonds is 7. The molecule has 0 aliphatic carbocycles. The minimum Gasteiger partial charge on any atom is -0.481 e. The molecule has 0 aromatic rings. The molecule has 14 heavy (non-hydrogen) atoms. The summed E-state index contributed by atoms with van der Waals surface area (Å²) in [6.45, 7) is 8.30. The molecule has 0 heterocycles. The highest BCUT2D eigenvalue weighted by Gasteiger charge is 2.13. The van der Waals surface area contributed by atoms with Crippen LogP contribution in [0, 0.1) is 11.8 Å². The summed E-state index contributed by atoms with van der Waals surface area (Å²) in [5.41, 5.74) is 0. The van der Waals surface area contributed by atoms with Crippen LogP contribution in [-0.2, 0) is 14.3 Å². The Morgan fingerprint density at radius 2 is 1.64 bits per heavy atom. The first-order valence-electron chi connectivity index (χ1n) is 4.89. The molecule has 0 spiro atoms. The smallest absolute Gasteiger partial charge is 0.308 e. The second-order valence-corrected chi connectivity index (χ2v) is 3.87. The Hall–Kier alpha value is -0.610. The van der Waals surface area contributed by atoms with Gasteiger partial charge < -0.3 is 14.6 Å². The van der Waals surface area contributed by atoms with Crippen molar-refractivity contribution in [3.8, 4) is 0 Å². The summed E-state index contributed by atoms with van der Waals surface area (Å²) in [6, 6.07) is 0. The van der Waals surface area contributed by atoms with Crippen molar-refractivity contribution in [1.29, 1.82) is 0 Å². The molecule has 1 unspecified atom stereocenters. The van der Waals surface area contributed by atoms with Crippen LogP contribution >= 0.6 is 0 Å². The van der Waals surface area contributed by atoms with Crippen molar-refractivity contribution in [2.45, 2.75) is 34.0 Å². The highest BCUT2D eigenvalue weighted by molar-refractivity contribution is 5.69. The van der Waals surface area contributed by atoms with Gasteiger partial charge >= 0.3 is 5.97 Å². The van der Waals surface area contributed by atoms with E-state index in [4.69, 9.17) is 14.6 Å². The van der Waals surface area contributed by atoms with E-state index >= 15 is 0 Å². The third kappa shape index (κ3) is 6.86. The van der Waals surface area contributed by atoms with Gasteiger partial charge in [-0.1, -0.05) is 13.8 Å². The summed E-state index contributed by atoms with van der Waals surface area (Å²) >= 11 is 0. The SMILES string of the molecule is CC(C)COC(C)OC[C@H](C)C(=O)O. The van der Waals surface area contributed by atoms with Gasteiger partial charge in [0, 0.05) is 0 Å². The van der Waals surface area contributed by atoms with E-state index in [1.807, 2.05) is 13.8 Å². The van der Waals surface area contributed by atoms with Crippen LogP contribution in [0.4, 0.5) is 0 Å². The molecule has 0 rings (SSSR count). The van der Waals surface area contributed by atoms with Gasteiger partial charge in [0.15, 0.2) is 6.29 Å². The maximum absolute atomic E-state index is 10.5. The summed E-state index contributed by atoms with van der Waals surface area (Å²) in [7, 11) is 0. The van der Waals surface area contributed by atoms with E-state index in [9.17, 15) is 4.79 Å². The van der Waals surface area contributed by atoms with E-state index in [0.717, 1.165) is 0 Å². The summed E-state index contributed by atoms with van der Waals surface area (Å²) < 4.78 is 10.5. The molecular weight excluding hydrogens is 184 g/mol. The first-order chi connectivity index (χ1) is 6.43. The molecule has 0 aromatic heterocycles. The molecule has 4 nitrogen and oxygen atoms in total. The van der Waals surface area contributed by atoms with Crippen molar-refractivity contribution in [3.05, 3.63) is 0 Å². The fraction of sp³-hybridized carbons (Fsp3) is 0.900. The molecular formula is C10H20O4. The predicted octanol–water partition coefficient (Wildman–Crippen LogP) is 1.74. The van der Waals surface area contributed by atoms with Gasteiger partial charge in [-0.05, 0) is 19.8 Å². The lowest BCUT2D eigenvalue weighted by Crippen LogP contribution is -2.22. The average Bonchev–Trinajstić information content (AvgIpc) is 2.10. The van der Waals surface area contributed by atoms with Gasteiger partial charge in [-0.3, -0.25) is 4.79 Å². The maximum Gasteiger partial charge on any atom is 0.308 e. The molecule has 0 aliphatic heterocycles. The van der Waals surface area contributed by atoms with Gasteiger partial charge in [0.1, 0.15) is 0 Å². The molecule has 0 saturated carbocycles. The average molecular weight is 204 g/mol. The highest BCUT2D eigenvalue weighted by atomic mass is 16.7. The van der Waals surface area contributed by atoms with E-state index in [0.29, 0.717) is 12.5 Å². The lowest BCUT2D eigenvalue weighted by molar-refractivity contribution is -0.158. The molecule has 0 amide bonds. The van der Waals surface area contributed by atoms with E-state index in [1.54, 1.807) is 13.8 Å². The van der Waals surface area contributed by atoms with Gasteiger partial charge in [0.05, 0.1) is 19.1 Å². The standard InChI is InChI=1S/C10H20O4/c1-7(2)5-13-9(4)14-6-8(3)10(11)12/h7-9H,5-6H2,1-4H3,(H,11,12)/t8-,9?/m0/s1. The molecule has 84 valence electrons. The Bertz CT molecular complexity index is 168. The van der Waals surface area contributed by atoms with Crippen molar-refractivity contribution in [2.24, 2.45) is 11.8 Å². The molecule has 0 bridgehead atoms. The summed E-state index contributed by atoms with van der Waals surface area (Å²) in [6.07, 6.45) is -0.334. The molecule has 0 radical (unpaired) electrons. The zero-order chi connectivity index (χ0) is 11.1. The van der Waals surface area contributed by atoms with Gasteiger partial charge in [-0.2, -0.15) is 0 Å². The largest absolute Gasteiger partial charge is 0.481 e. The number of carbonyl (C=O) groups is 1. The van der Waals surface area contributed by atoms with Gasteiger partial charge in [0.25, 0.3) is 0 Å². The quantitative estimate of drug-likeness (QED) is 0.642. The second kappa shape index (κ2) is 6.79. The monoisotopic (exact) mass is 204 g/mol. The van der Waals surface area contributed by atoms with Gasteiger partial charge in [0.2, 0.25) is 0 Å². The van der Waals surface area contributed by atoms with Gasteiger partial charge in [-0.15, -0.1) is 0 Å². The van der Waals surface area contributed by atoms with E-state index in [-0.39, 0.29) is 12.9 Å². The molecule has 4 heteroatoms. The number of hydrogen-bond acceptors (Lipinski definition) is 3. The van der Waals surface area contributed by atoms with Crippen LogP contribution in [0.15, 0.2) is 0 Å². The fourth-order valence-electron chi connectivity index (χ4n) is 0.727. The normalized spacial score (nSPS) is 15.5. The molecule has 2 atom stereocenters. The lowest BCUT2D eigenvalue weighted by atomic mass is 10.2. The van der Waals surface area contributed by atoms with Crippen molar-refractivity contribution in [1.82, 2.24) is 0 Å². The first kappa shape index (κ1) is 13.4. The summed E-state index contributed by atoms with van der Waals surface area (Å²) in [5.74, 6) is -0.876. The van der Waals surface area contributed by atoms with Crippen molar-refractivity contribution in [3.63, 3.8) is 0 Å². The predicted molar refractivity (Wildman–Crippen MR) is 53.0 cm³/mol. The zero-order valence-corrected chi connectivity index (χ0v) is 9.32. The molecule has 0 fully saturated rings. The zero-order valence-electron chi connectivity index (χ0n) is 9.32. The Labute approximate surface area is 85.2 Å². The minimum atomic E-state index is -0.846. The van der Waals surface area contributed by atoms with Crippen molar-refractivity contribution < 1.29 is 19.4 Å². The van der Waals surface area contributed by atoms with Crippen LogP contribution in [0.3, 0.4) is 0 Å². The topological polar surface area (TPSA) is 55.8 Å². The van der Waals surface area contributed by atoms with E-state index < -0.39 is 11.9 Å². The third-order valence-electron chi connectivity index (χ3n) is 1.67.